The van der Waals surface area contributed by atoms with Gasteiger partial charge in [-0.1, -0.05) is 13.0 Å². The molecule has 0 spiro atoms. The number of nitrogens with one attached hydrogen (secondary N) is 1. The Balaban J connectivity index is 1.59. The van der Waals surface area contributed by atoms with E-state index in [9.17, 15) is 4.79 Å². The Morgan fingerprint density at radius 3 is 3.00 bits per heavy atom. The van der Waals surface area contributed by atoms with Gasteiger partial charge in [-0.25, -0.2) is 9.67 Å². The van der Waals surface area contributed by atoms with E-state index >= 15 is 0 Å². The molecule has 0 aliphatic carbocycles. The first-order chi connectivity index (χ1) is 11.3. The van der Waals surface area contributed by atoms with Crippen molar-refractivity contribution in [2.45, 2.75) is 19.8 Å². The van der Waals surface area contributed by atoms with Gasteiger partial charge in [-0.05, 0) is 30.7 Å². The van der Waals surface area contributed by atoms with Gasteiger partial charge in [0.25, 0.3) is 5.91 Å². The predicted octanol–water partition coefficient (Wildman–Crippen LogP) is 2.86. The minimum atomic E-state index is -0.0775. The van der Waals surface area contributed by atoms with E-state index in [2.05, 4.69) is 22.3 Å². The van der Waals surface area contributed by atoms with Gasteiger partial charge in [0, 0.05) is 42.0 Å². The quantitative estimate of drug-likeness (QED) is 0.758. The molecule has 0 aliphatic heterocycles. The number of aryl methyl sites for hydroxylation is 1. The minimum absolute atomic E-state index is 0.0775. The molecule has 0 atom stereocenters. The van der Waals surface area contributed by atoms with E-state index < -0.39 is 0 Å². The fraction of sp³-hybridized carbons (Fsp3) is 0.235. The third kappa shape index (κ3) is 3.84. The van der Waals surface area contributed by atoms with Gasteiger partial charge in [-0.2, -0.15) is 5.10 Å². The number of hydrogen-bond acceptors (Lipinski definition) is 4. The highest BCUT2D eigenvalue weighted by Gasteiger charge is 2.07. The van der Waals surface area contributed by atoms with E-state index in [1.54, 1.807) is 28.3 Å². The molecule has 2 heterocycles. The first-order valence-electron chi connectivity index (χ1n) is 7.58. The van der Waals surface area contributed by atoms with Gasteiger partial charge in [0.2, 0.25) is 0 Å². The van der Waals surface area contributed by atoms with E-state index in [0.717, 1.165) is 23.5 Å². The monoisotopic (exact) mass is 326 g/mol. The molecule has 2 aromatic heterocycles. The van der Waals surface area contributed by atoms with Gasteiger partial charge in [0.05, 0.1) is 10.7 Å². The number of aromatic nitrogens is 3. The number of benzene rings is 1. The molecule has 0 radical (unpaired) electrons. The molecular formula is C17H18N4OS. The summed E-state index contributed by atoms with van der Waals surface area (Å²) in [4.78, 5) is 17.9. The molecule has 1 aromatic carbocycles. The van der Waals surface area contributed by atoms with Gasteiger partial charge in [0.1, 0.15) is 0 Å². The summed E-state index contributed by atoms with van der Waals surface area (Å²) in [5.41, 5.74) is 1.50. The van der Waals surface area contributed by atoms with Crippen LogP contribution in [0, 0.1) is 0 Å². The second kappa shape index (κ2) is 7.19. The lowest BCUT2D eigenvalue weighted by Gasteiger charge is -2.06. The molecule has 23 heavy (non-hydrogen) atoms. The van der Waals surface area contributed by atoms with E-state index in [-0.39, 0.29) is 5.91 Å². The molecule has 0 bridgehead atoms. The Labute approximate surface area is 139 Å². The average molecular weight is 326 g/mol. The van der Waals surface area contributed by atoms with E-state index in [1.165, 1.54) is 4.88 Å². The summed E-state index contributed by atoms with van der Waals surface area (Å²) in [6, 6.07) is 9.28. The van der Waals surface area contributed by atoms with Gasteiger partial charge >= 0.3 is 0 Å². The summed E-state index contributed by atoms with van der Waals surface area (Å²) in [5.74, 6) is -0.0775. The van der Waals surface area contributed by atoms with Crippen LogP contribution in [0.3, 0.4) is 0 Å². The molecule has 0 saturated carbocycles. The first-order valence-corrected chi connectivity index (χ1v) is 8.40. The number of rotatable bonds is 6. The fourth-order valence-electron chi connectivity index (χ4n) is 2.22. The van der Waals surface area contributed by atoms with Crippen LogP contribution >= 0.6 is 11.3 Å². The van der Waals surface area contributed by atoms with Crippen molar-refractivity contribution in [3.05, 3.63) is 64.4 Å². The van der Waals surface area contributed by atoms with Gasteiger partial charge < -0.3 is 5.32 Å². The molecule has 118 valence electrons. The Morgan fingerprint density at radius 2 is 2.26 bits per heavy atom. The zero-order valence-corrected chi connectivity index (χ0v) is 13.7. The number of thiazole rings is 1. The van der Waals surface area contributed by atoms with Crippen molar-refractivity contribution in [1.29, 1.82) is 0 Å². The predicted molar refractivity (Wildman–Crippen MR) is 91.1 cm³/mol. The minimum Gasteiger partial charge on any atom is -0.352 e. The summed E-state index contributed by atoms with van der Waals surface area (Å²) in [6.07, 6.45) is 7.24. The van der Waals surface area contributed by atoms with Crippen molar-refractivity contribution >= 4 is 17.2 Å². The van der Waals surface area contributed by atoms with Crippen molar-refractivity contribution in [2.75, 3.05) is 6.54 Å². The van der Waals surface area contributed by atoms with Crippen LogP contribution in [-0.4, -0.2) is 27.2 Å². The summed E-state index contributed by atoms with van der Waals surface area (Å²) >= 11 is 1.71. The second-order valence-corrected chi connectivity index (χ2v) is 6.28. The van der Waals surface area contributed by atoms with E-state index in [4.69, 9.17) is 0 Å². The summed E-state index contributed by atoms with van der Waals surface area (Å²) in [6.45, 7) is 2.70. The van der Waals surface area contributed by atoms with Gasteiger partial charge in [0.15, 0.2) is 0 Å². The molecule has 0 saturated heterocycles. The summed E-state index contributed by atoms with van der Waals surface area (Å²) in [5, 5.41) is 8.18. The van der Waals surface area contributed by atoms with Crippen molar-refractivity contribution in [1.82, 2.24) is 20.1 Å². The lowest BCUT2D eigenvalue weighted by atomic mass is 10.2. The normalized spacial score (nSPS) is 10.7. The number of carbonyl (C=O) groups is 1. The third-order valence-electron chi connectivity index (χ3n) is 3.45. The zero-order valence-electron chi connectivity index (χ0n) is 12.9. The molecule has 0 aliphatic rings. The SMILES string of the molecule is CCc1cnc(CCNC(=O)c2cccc(-n3cccn3)c2)s1. The molecule has 3 aromatic rings. The standard InChI is InChI=1S/C17H18N4OS/c1-2-15-12-19-16(23-15)7-9-18-17(22)13-5-3-6-14(11-13)21-10-4-8-20-21/h3-6,8,10-12H,2,7,9H2,1H3,(H,18,22). The molecule has 1 N–H and O–H groups in total. The maximum atomic E-state index is 12.3. The summed E-state index contributed by atoms with van der Waals surface area (Å²) < 4.78 is 1.73. The number of carbonyl (C=O) groups excluding carboxylic acids is 1. The first kappa shape index (κ1) is 15.4. The van der Waals surface area contributed by atoms with Crippen LogP contribution in [-0.2, 0) is 12.8 Å². The van der Waals surface area contributed by atoms with Crippen LogP contribution in [0.15, 0.2) is 48.9 Å². The second-order valence-electron chi connectivity index (χ2n) is 5.08. The third-order valence-corrected chi connectivity index (χ3v) is 4.65. The Morgan fingerprint density at radius 1 is 1.35 bits per heavy atom. The molecular weight excluding hydrogens is 308 g/mol. The van der Waals surface area contributed by atoms with Crippen molar-refractivity contribution in [3.8, 4) is 5.69 Å². The highest BCUT2D eigenvalue weighted by molar-refractivity contribution is 7.11. The Kier molecular flexibility index (Phi) is 4.83. The number of hydrogen-bond donors (Lipinski definition) is 1. The average Bonchev–Trinajstić information content (AvgIpc) is 3.26. The van der Waals surface area contributed by atoms with Crippen LogP contribution in [0.4, 0.5) is 0 Å². The maximum Gasteiger partial charge on any atom is 0.251 e. The summed E-state index contributed by atoms with van der Waals surface area (Å²) in [7, 11) is 0. The zero-order chi connectivity index (χ0) is 16.1. The van der Waals surface area contributed by atoms with Crippen LogP contribution in [0.25, 0.3) is 5.69 Å². The lowest BCUT2D eigenvalue weighted by molar-refractivity contribution is 0.0954. The Bertz CT molecular complexity index is 780. The number of amides is 1. The van der Waals surface area contributed by atoms with Crippen LogP contribution in [0.5, 0.6) is 0 Å². The largest absolute Gasteiger partial charge is 0.352 e. The smallest absolute Gasteiger partial charge is 0.251 e. The van der Waals surface area contributed by atoms with Gasteiger partial charge in [-0.15, -0.1) is 11.3 Å². The molecule has 0 fully saturated rings. The molecule has 6 heteroatoms. The highest BCUT2D eigenvalue weighted by atomic mass is 32.1. The maximum absolute atomic E-state index is 12.3. The van der Waals surface area contributed by atoms with Crippen LogP contribution in [0.1, 0.15) is 27.2 Å². The van der Waals surface area contributed by atoms with Gasteiger partial charge in [-0.3, -0.25) is 4.79 Å². The lowest BCUT2D eigenvalue weighted by Crippen LogP contribution is -2.25. The van der Waals surface area contributed by atoms with Crippen LogP contribution < -0.4 is 5.32 Å². The Hall–Kier alpha value is -2.47. The highest BCUT2D eigenvalue weighted by Crippen LogP contribution is 2.13. The van der Waals surface area contributed by atoms with Crippen molar-refractivity contribution in [2.24, 2.45) is 0 Å². The fourth-order valence-corrected chi connectivity index (χ4v) is 3.09. The molecule has 0 unspecified atom stereocenters. The van der Waals surface area contributed by atoms with E-state index in [0.29, 0.717) is 12.1 Å². The molecule has 3 rings (SSSR count). The molecule has 5 nitrogen and oxygen atoms in total. The topological polar surface area (TPSA) is 59.8 Å². The number of nitrogens with zero attached hydrogens (tertiary/aromatic N) is 3. The van der Waals surface area contributed by atoms with Crippen LogP contribution in [0.2, 0.25) is 0 Å². The van der Waals surface area contributed by atoms with E-state index in [1.807, 2.05) is 36.7 Å². The van der Waals surface area contributed by atoms with Crippen molar-refractivity contribution in [3.63, 3.8) is 0 Å². The molecule has 1 amide bonds. The van der Waals surface area contributed by atoms with Crippen molar-refractivity contribution < 1.29 is 4.79 Å².